The lowest BCUT2D eigenvalue weighted by atomic mass is 9.62. The van der Waals surface area contributed by atoms with Crippen molar-refractivity contribution in [1.82, 2.24) is 0 Å². The molecule has 1 heterocycles. The Balaban J connectivity index is 2.32. The van der Waals surface area contributed by atoms with Gasteiger partial charge in [-0.3, -0.25) is 0 Å². The summed E-state index contributed by atoms with van der Waals surface area (Å²) < 4.78 is 6.19. The molecule has 2 rings (SSSR count). The van der Waals surface area contributed by atoms with Crippen molar-refractivity contribution in [2.24, 2.45) is 17.3 Å². The maximum Gasteiger partial charge on any atom is 0.0667 e. The quantitative estimate of drug-likeness (QED) is 0.605. The van der Waals surface area contributed by atoms with E-state index in [0.29, 0.717) is 23.4 Å². The van der Waals surface area contributed by atoms with Crippen LogP contribution in [0.25, 0.3) is 0 Å². The van der Waals surface area contributed by atoms with E-state index in [2.05, 4.69) is 47.6 Å². The van der Waals surface area contributed by atoms with Gasteiger partial charge in [0, 0.05) is 5.41 Å². The summed E-state index contributed by atoms with van der Waals surface area (Å²) in [5.74, 6) is 1.37. The minimum absolute atomic E-state index is 0.0442. The largest absolute Gasteiger partial charge is 0.372 e. The summed E-state index contributed by atoms with van der Waals surface area (Å²) in [4.78, 5) is 0. The molecule has 0 bridgehead atoms. The highest BCUT2D eigenvalue weighted by atomic mass is 16.5. The number of rotatable bonds is 1. The molecule has 0 aromatic rings. The van der Waals surface area contributed by atoms with Crippen LogP contribution in [-0.4, -0.2) is 11.7 Å². The number of hydrogen-bond donors (Lipinski definition) is 0. The second-order valence-electron chi connectivity index (χ2n) is 6.76. The van der Waals surface area contributed by atoms with Crippen LogP contribution < -0.4 is 0 Å². The Bertz CT molecular complexity index is 313. The summed E-state index contributed by atoms with van der Waals surface area (Å²) in [7, 11) is 0. The van der Waals surface area contributed by atoms with Gasteiger partial charge in [-0.15, -0.1) is 0 Å². The van der Waals surface area contributed by atoms with Gasteiger partial charge in [-0.05, 0) is 45.4 Å². The van der Waals surface area contributed by atoms with Gasteiger partial charge in [0.05, 0.1) is 11.7 Å². The van der Waals surface area contributed by atoms with Gasteiger partial charge < -0.3 is 4.74 Å². The molecule has 3 atom stereocenters. The Morgan fingerprint density at radius 1 is 1.31 bits per heavy atom. The molecule has 1 heteroatoms. The van der Waals surface area contributed by atoms with Gasteiger partial charge >= 0.3 is 0 Å². The Morgan fingerprint density at radius 2 is 1.94 bits per heavy atom. The lowest BCUT2D eigenvalue weighted by molar-refractivity contribution is -0.0283. The van der Waals surface area contributed by atoms with E-state index in [1.807, 2.05) is 0 Å². The van der Waals surface area contributed by atoms with Gasteiger partial charge in [0.25, 0.3) is 0 Å². The zero-order valence-corrected chi connectivity index (χ0v) is 11.6. The predicted molar refractivity (Wildman–Crippen MR) is 68.4 cm³/mol. The van der Waals surface area contributed by atoms with Crippen LogP contribution in [0.4, 0.5) is 0 Å². The van der Waals surface area contributed by atoms with E-state index >= 15 is 0 Å². The lowest BCUT2D eigenvalue weighted by Crippen LogP contribution is -2.39. The van der Waals surface area contributed by atoms with Crippen LogP contribution in [0.5, 0.6) is 0 Å². The molecule has 1 fully saturated rings. The van der Waals surface area contributed by atoms with Gasteiger partial charge in [0.2, 0.25) is 0 Å². The molecule has 0 spiro atoms. The highest BCUT2D eigenvalue weighted by Gasteiger charge is 2.55. The molecule has 0 saturated carbocycles. The lowest BCUT2D eigenvalue weighted by Gasteiger charge is -2.40. The van der Waals surface area contributed by atoms with Crippen molar-refractivity contribution < 1.29 is 4.74 Å². The van der Waals surface area contributed by atoms with E-state index < -0.39 is 0 Å². The zero-order chi connectivity index (χ0) is 12.1. The summed E-state index contributed by atoms with van der Waals surface area (Å²) in [5.41, 5.74) is 2.03. The van der Waals surface area contributed by atoms with Crippen molar-refractivity contribution in [2.45, 2.75) is 66.1 Å². The first-order chi connectivity index (χ1) is 7.27. The number of allylic oxidation sites excluding steroid dienone is 2. The SMILES string of the molecule is CC(C)C1=CCC2(C)C(C)OC(C)(C)[C@@H]2C1. The van der Waals surface area contributed by atoms with E-state index in [1.54, 1.807) is 5.57 Å². The van der Waals surface area contributed by atoms with Crippen molar-refractivity contribution in [1.29, 1.82) is 0 Å². The molecule has 1 saturated heterocycles. The maximum atomic E-state index is 6.19. The normalized spacial score (nSPS) is 42.1. The molecule has 0 N–H and O–H groups in total. The molecular formula is C15H26O. The molecule has 1 nitrogen and oxygen atoms in total. The summed E-state index contributed by atoms with van der Waals surface area (Å²) in [6.45, 7) is 13.8. The van der Waals surface area contributed by atoms with Crippen LogP contribution in [0.1, 0.15) is 54.4 Å². The van der Waals surface area contributed by atoms with E-state index in [0.717, 1.165) is 0 Å². The summed E-state index contributed by atoms with van der Waals surface area (Å²) >= 11 is 0. The van der Waals surface area contributed by atoms with E-state index in [4.69, 9.17) is 4.74 Å². The Kier molecular flexibility index (Phi) is 2.73. The molecule has 2 aliphatic rings. The monoisotopic (exact) mass is 222 g/mol. The molecular weight excluding hydrogens is 196 g/mol. The van der Waals surface area contributed by atoms with E-state index in [-0.39, 0.29) is 5.60 Å². The van der Waals surface area contributed by atoms with Crippen molar-refractivity contribution in [3.05, 3.63) is 11.6 Å². The highest BCUT2D eigenvalue weighted by Crippen LogP contribution is 2.56. The average Bonchev–Trinajstić information content (AvgIpc) is 2.33. The molecule has 1 aliphatic heterocycles. The Morgan fingerprint density at radius 3 is 2.50 bits per heavy atom. The van der Waals surface area contributed by atoms with Crippen LogP contribution in [0.3, 0.4) is 0 Å². The first-order valence-corrected chi connectivity index (χ1v) is 6.64. The molecule has 0 radical (unpaired) electrons. The fourth-order valence-electron chi connectivity index (χ4n) is 3.68. The average molecular weight is 222 g/mol. The third-order valence-corrected chi connectivity index (χ3v) is 5.03. The van der Waals surface area contributed by atoms with Crippen LogP contribution in [0, 0.1) is 17.3 Å². The van der Waals surface area contributed by atoms with Crippen LogP contribution >= 0.6 is 0 Å². The second kappa shape index (κ2) is 3.60. The predicted octanol–water partition coefficient (Wildman–Crippen LogP) is 4.18. The topological polar surface area (TPSA) is 9.23 Å². The van der Waals surface area contributed by atoms with Crippen molar-refractivity contribution >= 4 is 0 Å². The van der Waals surface area contributed by atoms with Gasteiger partial charge in [-0.2, -0.15) is 0 Å². The molecule has 1 aliphatic carbocycles. The van der Waals surface area contributed by atoms with E-state index in [9.17, 15) is 0 Å². The Labute approximate surface area is 100 Å². The summed E-state index contributed by atoms with van der Waals surface area (Å²) in [6.07, 6.45) is 5.28. The van der Waals surface area contributed by atoms with Crippen molar-refractivity contribution in [3.63, 3.8) is 0 Å². The van der Waals surface area contributed by atoms with Crippen LogP contribution in [0.15, 0.2) is 11.6 Å². The molecule has 16 heavy (non-hydrogen) atoms. The fraction of sp³-hybridized carbons (Fsp3) is 0.867. The van der Waals surface area contributed by atoms with E-state index in [1.165, 1.54) is 12.8 Å². The van der Waals surface area contributed by atoms with Gasteiger partial charge in [-0.1, -0.05) is 32.4 Å². The maximum absolute atomic E-state index is 6.19. The van der Waals surface area contributed by atoms with Crippen LogP contribution in [0.2, 0.25) is 0 Å². The van der Waals surface area contributed by atoms with Crippen molar-refractivity contribution in [2.75, 3.05) is 0 Å². The molecule has 2 unspecified atom stereocenters. The van der Waals surface area contributed by atoms with Crippen LogP contribution in [-0.2, 0) is 4.74 Å². The number of ether oxygens (including phenoxy) is 1. The third-order valence-electron chi connectivity index (χ3n) is 5.03. The third kappa shape index (κ3) is 1.64. The smallest absolute Gasteiger partial charge is 0.0667 e. The van der Waals surface area contributed by atoms with Crippen molar-refractivity contribution in [3.8, 4) is 0 Å². The highest BCUT2D eigenvalue weighted by molar-refractivity contribution is 5.19. The zero-order valence-electron chi connectivity index (χ0n) is 11.6. The Hall–Kier alpha value is -0.300. The van der Waals surface area contributed by atoms with Gasteiger partial charge in [0.1, 0.15) is 0 Å². The first-order valence-electron chi connectivity index (χ1n) is 6.64. The standard InChI is InChI=1S/C15H26O/c1-10(2)12-7-8-15(6)11(3)16-14(4,5)13(15)9-12/h7,10-11,13H,8-9H2,1-6H3/t11?,13-,15?/m0/s1. The minimum Gasteiger partial charge on any atom is -0.372 e. The summed E-state index contributed by atoms with van der Waals surface area (Å²) in [6, 6.07) is 0. The van der Waals surface area contributed by atoms with Gasteiger partial charge in [0.15, 0.2) is 0 Å². The second-order valence-corrected chi connectivity index (χ2v) is 6.76. The van der Waals surface area contributed by atoms with Gasteiger partial charge in [-0.25, -0.2) is 0 Å². The number of fused-ring (bicyclic) bond motifs is 1. The fourth-order valence-corrected chi connectivity index (χ4v) is 3.68. The minimum atomic E-state index is 0.0442. The molecule has 0 aromatic carbocycles. The first kappa shape index (κ1) is 12.2. The summed E-state index contributed by atoms with van der Waals surface area (Å²) in [5, 5.41) is 0. The number of hydrogen-bond acceptors (Lipinski definition) is 1. The molecule has 0 aromatic heterocycles. The molecule has 92 valence electrons. The molecule has 0 amide bonds.